The third-order valence-corrected chi connectivity index (χ3v) is 5.50. The molecule has 0 aromatic heterocycles. The van der Waals surface area contributed by atoms with Gasteiger partial charge in [-0.15, -0.1) is 0 Å². The van der Waals surface area contributed by atoms with Gasteiger partial charge in [-0.25, -0.2) is 0 Å². The molecule has 1 saturated heterocycles. The van der Waals surface area contributed by atoms with E-state index in [1.807, 2.05) is 24.0 Å². The summed E-state index contributed by atoms with van der Waals surface area (Å²) in [6, 6.07) is 3.60. The summed E-state index contributed by atoms with van der Waals surface area (Å²) in [5, 5.41) is 0. The molecule has 28 heavy (non-hydrogen) atoms. The zero-order valence-corrected chi connectivity index (χ0v) is 17.2. The average molecular weight is 390 g/mol. The third kappa shape index (κ3) is 4.25. The van der Waals surface area contributed by atoms with E-state index >= 15 is 0 Å². The van der Waals surface area contributed by atoms with E-state index < -0.39 is 0 Å². The van der Waals surface area contributed by atoms with Crippen molar-refractivity contribution in [2.24, 2.45) is 0 Å². The Morgan fingerprint density at radius 3 is 2.18 bits per heavy atom. The van der Waals surface area contributed by atoms with Crippen LogP contribution >= 0.6 is 0 Å². The molecular weight excluding hydrogens is 360 g/mol. The molecule has 154 valence electrons. The zero-order chi connectivity index (χ0) is 20.1. The van der Waals surface area contributed by atoms with Crippen molar-refractivity contribution in [3.8, 4) is 17.2 Å². The Balaban J connectivity index is 1.75. The second-order valence-electron chi connectivity index (χ2n) is 6.99. The maximum atomic E-state index is 12.8. The predicted molar refractivity (Wildman–Crippen MR) is 107 cm³/mol. The summed E-state index contributed by atoms with van der Waals surface area (Å²) >= 11 is 0. The van der Waals surface area contributed by atoms with Crippen molar-refractivity contribution in [3.63, 3.8) is 0 Å². The van der Waals surface area contributed by atoms with Crippen LogP contribution in [0.5, 0.6) is 17.2 Å². The van der Waals surface area contributed by atoms with Crippen LogP contribution in [0.4, 0.5) is 0 Å². The molecule has 0 radical (unpaired) electrons. The van der Waals surface area contributed by atoms with Crippen LogP contribution in [0.25, 0.3) is 5.57 Å². The van der Waals surface area contributed by atoms with Crippen LogP contribution in [0.3, 0.4) is 0 Å². The van der Waals surface area contributed by atoms with Crippen LogP contribution in [0.15, 0.2) is 18.2 Å². The van der Waals surface area contributed by atoms with Crippen molar-refractivity contribution >= 4 is 11.5 Å². The van der Waals surface area contributed by atoms with Crippen molar-refractivity contribution in [2.45, 2.75) is 19.4 Å². The molecule has 2 aliphatic heterocycles. The van der Waals surface area contributed by atoms with Gasteiger partial charge in [-0.2, -0.15) is 0 Å². The Hall–Kier alpha value is -2.25. The minimum Gasteiger partial charge on any atom is -0.496 e. The molecule has 0 bridgehead atoms. The van der Waals surface area contributed by atoms with Crippen LogP contribution in [-0.2, 0) is 9.53 Å². The molecule has 2 aliphatic rings. The van der Waals surface area contributed by atoms with Crippen LogP contribution in [0, 0.1) is 0 Å². The summed E-state index contributed by atoms with van der Waals surface area (Å²) in [4.78, 5) is 16.9. The minimum atomic E-state index is -0.143. The maximum Gasteiger partial charge on any atom is 0.239 e. The van der Waals surface area contributed by atoms with Crippen LogP contribution < -0.4 is 14.2 Å². The second kappa shape index (κ2) is 9.30. The SMILES string of the molecule is COc1cc(OC)c(C2=CCN([C@H](C)C(=O)N3CCOCC3)CC2)c(OC)c1. The third-order valence-electron chi connectivity index (χ3n) is 5.50. The van der Waals surface area contributed by atoms with Gasteiger partial charge in [0.2, 0.25) is 5.91 Å². The quantitative estimate of drug-likeness (QED) is 0.741. The van der Waals surface area contributed by atoms with Gasteiger partial charge in [0.1, 0.15) is 17.2 Å². The molecule has 1 fully saturated rings. The van der Waals surface area contributed by atoms with Crippen molar-refractivity contribution in [2.75, 3.05) is 60.7 Å². The summed E-state index contributed by atoms with van der Waals surface area (Å²) in [5.74, 6) is 2.33. The number of nitrogens with zero attached hydrogens (tertiary/aromatic N) is 2. The normalized spacial score (nSPS) is 19.0. The number of carbonyl (C=O) groups excluding carboxylic acids is 1. The van der Waals surface area contributed by atoms with Crippen LogP contribution in [0.2, 0.25) is 0 Å². The Labute approximate surface area is 166 Å². The first-order valence-corrected chi connectivity index (χ1v) is 9.69. The smallest absolute Gasteiger partial charge is 0.239 e. The van der Waals surface area contributed by atoms with Crippen molar-refractivity contribution in [1.82, 2.24) is 9.80 Å². The Morgan fingerprint density at radius 1 is 1.04 bits per heavy atom. The van der Waals surface area contributed by atoms with Gasteiger partial charge in [0.15, 0.2) is 0 Å². The van der Waals surface area contributed by atoms with Gasteiger partial charge < -0.3 is 23.8 Å². The molecule has 1 atom stereocenters. The van der Waals surface area contributed by atoms with Crippen molar-refractivity contribution < 1.29 is 23.7 Å². The monoisotopic (exact) mass is 390 g/mol. The number of amides is 1. The molecule has 0 aliphatic carbocycles. The van der Waals surface area contributed by atoms with E-state index in [0.717, 1.165) is 30.0 Å². The number of morpholine rings is 1. The highest BCUT2D eigenvalue weighted by Gasteiger charge is 2.29. The van der Waals surface area contributed by atoms with Gasteiger partial charge in [-0.05, 0) is 18.9 Å². The predicted octanol–water partition coefficient (Wildman–Crippen LogP) is 2.05. The number of ether oxygens (including phenoxy) is 4. The fourth-order valence-electron chi connectivity index (χ4n) is 3.79. The lowest BCUT2D eigenvalue weighted by atomic mass is 9.96. The summed E-state index contributed by atoms with van der Waals surface area (Å²) in [7, 11) is 4.92. The van der Waals surface area contributed by atoms with Gasteiger partial charge in [0.25, 0.3) is 0 Å². The van der Waals surface area contributed by atoms with Gasteiger partial charge in [-0.3, -0.25) is 9.69 Å². The van der Waals surface area contributed by atoms with E-state index in [2.05, 4.69) is 11.0 Å². The van der Waals surface area contributed by atoms with E-state index in [1.54, 1.807) is 21.3 Å². The van der Waals surface area contributed by atoms with E-state index in [9.17, 15) is 4.79 Å². The zero-order valence-electron chi connectivity index (χ0n) is 17.2. The first-order valence-electron chi connectivity index (χ1n) is 9.69. The number of carbonyl (C=O) groups is 1. The number of hydrogen-bond donors (Lipinski definition) is 0. The molecule has 0 saturated carbocycles. The fourth-order valence-corrected chi connectivity index (χ4v) is 3.79. The average Bonchev–Trinajstić information content (AvgIpc) is 2.77. The summed E-state index contributed by atoms with van der Waals surface area (Å²) in [5.41, 5.74) is 2.12. The highest BCUT2D eigenvalue weighted by Crippen LogP contribution is 2.41. The first-order chi connectivity index (χ1) is 13.6. The highest BCUT2D eigenvalue weighted by molar-refractivity contribution is 5.82. The number of methoxy groups -OCH3 is 3. The molecule has 0 unspecified atom stereocenters. The molecule has 1 aromatic carbocycles. The minimum absolute atomic E-state index is 0.143. The molecular formula is C21H30N2O5. The van der Waals surface area contributed by atoms with Crippen LogP contribution in [-0.4, -0.2) is 82.5 Å². The maximum absolute atomic E-state index is 12.8. The van der Waals surface area contributed by atoms with Crippen molar-refractivity contribution in [1.29, 1.82) is 0 Å². The van der Waals surface area contributed by atoms with Gasteiger partial charge >= 0.3 is 0 Å². The molecule has 1 amide bonds. The molecule has 7 heteroatoms. The lowest BCUT2D eigenvalue weighted by molar-refractivity contribution is -0.140. The Bertz CT molecular complexity index is 703. The lowest BCUT2D eigenvalue weighted by Crippen LogP contribution is -2.51. The molecule has 0 spiro atoms. The molecule has 2 heterocycles. The van der Waals surface area contributed by atoms with E-state index in [1.165, 1.54) is 5.57 Å². The van der Waals surface area contributed by atoms with Gasteiger partial charge in [-0.1, -0.05) is 6.08 Å². The Morgan fingerprint density at radius 2 is 1.68 bits per heavy atom. The summed E-state index contributed by atoms with van der Waals surface area (Å²) in [6.45, 7) is 6.12. The molecule has 0 N–H and O–H groups in total. The first kappa shape index (κ1) is 20.5. The molecule has 3 rings (SSSR count). The van der Waals surface area contributed by atoms with Crippen molar-refractivity contribution in [3.05, 3.63) is 23.8 Å². The molecule has 1 aromatic rings. The number of rotatable bonds is 6. The molecule has 7 nitrogen and oxygen atoms in total. The van der Waals surface area contributed by atoms with E-state index in [-0.39, 0.29) is 11.9 Å². The lowest BCUT2D eigenvalue weighted by Gasteiger charge is -2.36. The van der Waals surface area contributed by atoms with E-state index in [4.69, 9.17) is 18.9 Å². The highest BCUT2D eigenvalue weighted by atomic mass is 16.5. The Kier molecular flexibility index (Phi) is 6.80. The largest absolute Gasteiger partial charge is 0.496 e. The second-order valence-corrected chi connectivity index (χ2v) is 6.99. The van der Waals surface area contributed by atoms with Crippen LogP contribution in [0.1, 0.15) is 18.9 Å². The number of benzene rings is 1. The van der Waals surface area contributed by atoms with E-state index in [0.29, 0.717) is 38.6 Å². The summed E-state index contributed by atoms with van der Waals surface area (Å²) < 4.78 is 21.9. The fraction of sp³-hybridized carbons (Fsp3) is 0.571. The van der Waals surface area contributed by atoms with Gasteiger partial charge in [0, 0.05) is 38.3 Å². The van der Waals surface area contributed by atoms with Gasteiger partial charge in [0.05, 0.1) is 46.1 Å². The summed E-state index contributed by atoms with van der Waals surface area (Å²) in [6.07, 6.45) is 2.99. The standard InChI is InChI=1S/C21H30N2O5/c1-15(21(24)23-9-11-28-12-10-23)22-7-5-16(6-8-22)20-18(26-3)13-17(25-2)14-19(20)27-4/h5,13-15H,6-12H2,1-4H3/t15-/m1/s1. The number of hydrogen-bond acceptors (Lipinski definition) is 6. The topological polar surface area (TPSA) is 60.5 Å².